The van der Waals surface area contributed by atoms with E-state index in [9.17, 15) is 0 Å². The zero-order valence-corrected chi connectivity index (χ0v) is 6.17. The van der Waals surface area contributed by atoms with Gasteiger partial charge in [0.1, 0.15) is 16.7 Å². The highest BCUT2D eigenvalue weighted by Crippen LogP contribution is 2.08. The van der Waals surface area contributed by atoms with Crippen molar-refractivity contribution in [2.45, 2.75) is 0 Å². The van der Waals surface area contributed by atoms with Gasteiger partial charge in [0.25, 0.3) is 0 Å². The molecule has 0 atom stereocenters. The van der Waals surface area contributed by atoms with Crippen molar-refractivity contribution in [3.05, 3.63) is 17.3 Å². The molecule has 0 saturated heterocycles. The van der Waals surface area contributed by atoms with Crippen molar-refractivity contribution in [1.29, 1.82) is 5.41 Å². The van der Waals surface area contributed by atoms with Crippen molar-refractivity contribution in [2.75, 3.05) is 0 Å². The Morgan fingerprint density at radius 3 is 3.18 bits per heavy atom. The second-order valence-corrected chi connectivity index (χ2v) is 2.78. The first-order valence-electron chi connectivity index (χ1n) is 2.84. The molecule has 2 N–H and O–H groups in total. The van der Waals surface area contributed by atoms with Crippen LogP contribution in [0.5, 0.6) is 0 Å². The van der Waals surface area contributed by atoms with Crippen LogP contribution in [0.4, 0.5) is 0 Å². The van der Waals surface area contributed by atoms with E-state index in [4.69, 9.17) is 10.6 Å². The van der Waals surface area contributed by atoms with Gasteiger partial charge in [-0.2, -0.15) is 4.73 Å². The van der Waals surface area contributed by atoms with E-state index in [1.165, 1.54) is 17.7 Å². The van der Waals surface area contributed by atoms with E-state index in [1.54, 1.807) is 5.51 Å². The van der Waals surface area contributed by atoms with Gasteiger partial charge >= 0.3 is 0 Å². The third-order valence-corrected chi connectivity index (χ3v) is 2.02. The van der Waals surface area contributed by atoms with Gasteiger partial charge in [-0.05, 0) is 0 Å². The predicted molar refractivity (Wildman–Crippen MR) is 38.4 cm³/mol. The van der Waals surface area contributed by atoms with Gasteiger partial charge in [0.15, 0.2) is 5.49 Å². The Labute approximate surface area is 65.1 Å². The Bertz CT molecular complexity index is 445. The van der Waals surface area contributed by atoms with E-state index in [0.717, 1.165) is 0 Å². The molecule has 56 valence electrons. The van der Waals surface area contributed by atoms with Crippen LogP contribution >= 0.6 is 11.3 Å². The summed E-state index contributed by atoms with van der Waals surface area (Å²) >= 11 is 1.34. The summed E-state index contributed by atoms with van der Waals surface area (Å²) in [6.07, 6.45) is 1.18. The van der Waals surface area contributed by atoms with Crippen LogP contribution in [0.3, 0.4) is 0 Å². The van der Waals surface area contributed by atoms with Crippen LogP contribution in [0.15, 0.2) is 11.8 Å². The topological polar surface area (TPSA) is 74.8 Å². The number of fused-ring (bicyclic) bond motifs is 1. The highest BCUT2D eigenvalue weighted by molar-refractivity contribution is 7.16. The second kappa shape index (κ2) is 2.03. The normalized spacial score (nSPS) is 10.5. The first-order chi connectivity index (χ1) is 5.29. The first kappa shape index (κ1) is 6.29. The molecule has 0 spiro atoms. The molecule has 5 nitrogen and oxygen atoms in total. The van der Waals surface area contributed by atoms with Gasteiger partial charge < -0.3 is 5.21 Å². The monoisotopic (exact) mass is 168 g/mol. The highest BCUT2D eigenvalue weighted by atomic mass is 32.1. The fourth-order valence-electron chi connectivity index (χ4n) is 0.767. The van der Waals surface area contributed by atoms with Gasteiger partial charge in [-0.1, -0.05) is 0 Å². The molecule has 0 fully saturated rings. The third-order valence-electron chi connectivity index (χ3n) is 1.29. The molecular formula is C5H4N4OS. The summed E-state index contributed by atoms with van der Waals surface area (Å²) in [5.41, 5.74) is 1.99. The molecule has 11 heavy (non-hydrogen) atoms. The van der Waals surface area contributed by atoms with Crippen LogP contribution in [0.1, 0.15) is 0 Å². The van der Waals surface area contributed by atoms with Gasteiger partial charge in [-0.25, -0.2) is 9.97 Å². The lowest BCUT2D eigenvalue weighted by molar-refractivity contribution is 0.168. The van der Waals surface area contributed by atoms with Gasteiger partial charge in [0, 0.05) is 0 Å². The standard InChI is InChI=1S/C5H4N4OS/c6-4-3-5(11-2-8-3)7-1-9(4)10/h1-2,6,10H. The molecule has 0 aliphatic rings. The summed E-state index contributed by atoms with van der Waals surface area (Å²) in [4.78, 5) is 8.38. The molecule has 2 aromatic heterocycles. The van der Waals surface area contributed by atoms with Gasteiger partial charge in [0.2, 0.25) is 0 Å². The van der Waals surface area contributed by atoms with E-state index >= 15 is 0 Å². The molecule has 0 radical (unpaired) electrons. The minimum Gasteiger partial charge on any atom is -0.425 e. The maximum absolute atomic E-state index is 8.97. The summed E-state index contributed by atoms with van der Waals surface area (Å²) in [6, 6.07) is 0. The number of thiazole rings is 1. The van der Waals surface area contributed by atoms with Crippen LogP contribution < -0.4 is 5.49 Å². The van der Waals surface area contributed by atoms with Crippen LogP contribution in [0, 0.1) is 5.41 Å². The van der Waals surface area contributed by atoms with Crippen molar-refractivity contribution in [3.8, 4) is 0 Å². The second-order valence-electron chi connectivity index (χ2n) is 1.94. The molecule has 0 bridgehead atoms. The van der Waals surface area contributed by atoms with Gasteiger partial charge in [-0.3, -0.25) is 5.41 Å². The van der Waals surface area contributed by atoms with Crippen LogP contribution in [0.25, 0.3) is 10.3 Å². The van der Waals surface area contributed by atoms with Crippen LogP contribution in [-0.2, 0) is 0 Å². The lowest BCUT2D eigenvalue weighted by Gasteiger charge is -1.93. The van der Waals surface area contributed by atoms with Crippen molar-refractivity contribution < 1.29 is 5.21 Å². The summed E-state index contributed by atoms with van der Waals surface area (Å²) in [5, 5.41) is 16.3. The number of rotatable bonds is 0. The molecule has 6 heteroatoms. The van der Waals surface area contributed by atoms with Crippen LogP contribution in [-0.4, -0.2) is 19.9 Å². The molecule has 0 aliphatic heterocycles. The lowest BCUT2D eigenvalue weighted by Crippen LogP contribution is -2.17. The quantitative estimate of drug-likeness (QED) is 0.552. The molecular weight excluding hydrogens is 164 g/mol. The minimum absolute atomic E-state index is 0.0312. The zero-order chi connectivity index (χ0) is 7.84. The SMILES string of the molecule is N=c1c2ncsc2ncn1O. The number of nitrogens with one attached hydrogen (secondary N) is 1. The van der Waals surface area contributed by atoms with E-state index in [-0.39, 0.29) is 5.49 Å². The summed E-state index contributed by atoms with van der Waals surface area (Å²) < 4.78 is 0.641. The summed E-state index contributed by atoms with van der Waals surface area (Å²) in [5.74, 6) is 0. The van der Waals surface area contributed by atoms with Crippen molar-refractivity contribution in [2.24, 2.45) is 0 Å². The van der Waals surface area contributed by atoms with E-state index in [0.29, 0.717) is 15.1 Å². The molecule has 0 aromatic carbocycles. The maximum Gasteiger partial charge on any atom is 0.191 e. The molecule has 0 saturated carbocycles. The Balaban J connectivity index is 3.05. The van der Waals surface area contributed by atoms with Crippen molar-refractivity contribution in [1.82, 2.24) is 14.7 Å². The molecule has 2 aromatic rings. The van der Waals surface area contributed by atoms with Crippen molar-refractivity contribution >= 4 is 21.7 Å². The maximum atomic E-state index is 8.97. The van der Waals surface area contributed by atoms with E-state index in [2.05, 4.69) is 9.97 Å². The van der Waals surface area contributed by atoms with Gasteiger partial charge in [0.05, 0.1) is 5.51 Å². The molecule has 2 rings (SSSR count). The Kier molecular flexibility index (Phi) is 1.16. The molecule has 2 heterocycles. The smallest absolute Gasteiger partial charge is 0.191 e. The van der Waals surface area contributed by atoms with Crippen LogP contribution in [0.2, 0.25) is 0 Å². The van der Waals surface area contributed by atoms with E-state index < -0.39 is 0 Å². The molecule has 0 amide bonds. The minimum atomic E-state index is -0.0312. The Morgan fingerprint density at radius 2 is 2.36 bits per heavy atom. The number of aromatic nitrogens is 3. The first-order valence-corrected chi connectivity index (χ1v) is 3.71. The van der Waals surface area contributed by atoms with E-state index in [1.807, 2.05) is 0 Å². The number of hydrogen-bond acceptors (Lipinski definition) is 5. The average Bonchev–Trinajstić information content (AvgIpc) is 2.45. The Hall–Kier alpha value is -1.43. The fraction of sp³-hybridized carbons (Fsp3) is 0. The van der Waals surface area contributed by atoms with Crippen molar-refractivity contribution in [3.63, 3.8) is 0 Å². The highest BCUT2D eigenvalue weighted by Gasteiger charge is 2.00. The molecule has 0 unspecified atom stereocenters. The molecule has 0 aliphatic carbocycles. The number of nitrogens with zero attached hydrogens (tertiary/aromatic N) is 3. The average molecular weight is 168 g/mol. The van der Waals surface area contributed by atoms with Gasteiger partial charge in [-0.15, -0.1) is 11.3 Å². The summed E-state index contributed by atoms with van der Waals surface area (Å²) in [7, 11) is 0. The summed E-state index contributed by atoms with van der Waals surface area (Å²) in [6.45, 7) is 0. The lowest BCUT2D eigenvalue weighted by atomic mass is 10.6. The number of hydrogen-bond donors (Lipinski definition) is 2. The largest absolute Gasteiger partial charge is 0.425 e. The fourth-order valence-corrected chi connectivity index (χ4v) is 1.39. The third kappa shape index (κ3) is 0.795. The zero-order valence-electron chi connectivity index (χ0n) is 5.35. The predicted octanol–water partition coefficient (Wildman–Crippen LogP) is 0.210. The Morgan fingerprint density at radius 1 is 1.55 bits per heavy atom.